The number of rotatable bonds is 9. The third-order valence-electron chi connectivity index (χ3n) is 4.92. The molecular formula is C20H27N3O6. The second kappa shape index (κ2) is 9.51. The van der Waals surface area contributed by atoms with Gasteiger partial charge in [0, 0.05) is 0 Å². The van der Waals surface area contributed by atoms with Crippen molar-refractivity contribution in [2.24, 2.45) is 0 Å². The van der Waals surface area contributed by atoms with Crippen molar-refractivity contribution in [3.63, 3.8) is 0 Å². The number of amides is 3. The van der Waals surface area contributed by atoms with Crippen LogP contribution in [0.15, 0.2) is 30.3 Å². The molecule has 0 bridgehead atoms. The van der Waals surface area contributed by atoms with Crippen LogP contribution in [0.1, 0.15) is 32.8 Å². The number of aliphatic carboxylic acids is 1. The van der Waals surface area contributed by atoms with Gasteiger partial charge >= 0.3 is 18.0 Å². The number of nitrogens with zero attached hydrogens (tertiary/aromatic N) is 1. The van der Waals surface area contributed by atoms with E-state index in [2.05, 4.69) is 10.6 Å². The first-order chi connectivity index (χ1) is 13.7. The number of hydrogen-bond acceptors (Lipinski definition) is 6. The van der Waals surface area contributed by atoms with Crippen LogP contribution < -0.4 is 10.6 Å². The zero-order valence-corrected chi connectivity index (χ0v) is 16.8. The Bertz CT molecular complexity index is 769. The molecule has 3 amide bonds. The van der Waals surface area contributed by atoms with Gasteiger partial charge in [-0.15, -0.1) is 0 Å². The summed E-state index contributed by atoms with van der Waals surface area (Å²) in [5.41, 5.74) is -0.659. The molecule has 1 aliphatic heterocycles. The number of nitrogens with one attached hydrogen (secondary N) is 2. The molecule has 1 unspecified atom stereocenters. The smallest absolute Gasteiger partial charge is 0.331 e. The average molecular weight is 405 g/mol. The van der Waals surface area contributed by atoms with Crippen molar-refractivity contribution in [3.05, 3.63) is 35.9 Å². The lowest BCUT2D eigenvalue weighted by molar-refractivity contribution is -0.153. The molecule has 1 fully saturated rings. The molecule has 0 saturated carbocycles. The number of carbonyl (C=O) groups is 4. The minimum Gasteiger partial charge on any atom is -0.479 e. The molecule has 1 aromatic carbocycles. The molecule has 2 rings (SSSR count). The van der Waals surface area contributed by atoms with Crippen molar-refractivity contribution < 1.29 is 29.0 Å². The van der Waals surface area contributed by atoms with Gasteiger partial charge < -0.3 is 15.2 Å². The molecular weight excluding hydrogens is 378 g/mol. The summed E-state index contributed by atoms with van der Waals surface area (Å²) in [5.74, 6) is -2.52. The summed E-state index contributed by atoms with van der Waals surface area (Å²) in [6.07, 6.45) is 0.956. The Morgan fingerprint density at radius 2 is 1.97 bits per heavy atom. The van der Waals surface area contributed by atoms with Crippen molar-refractivity contribution in [3.8, 4) is 0 Å². The summed E-state index contributed by atoms with van der Waals surface area (Å²) >= 11 is 0. The van der Waals surface area contributed by atoms with Crippen LogP contribution in [0.2, 0.25) is 0 Å². The molecule has 1 aromatic rings. The fourth-order valence-corrected chi connectivity index (χ4v) is 3.18. The van der Waals surface area contributed by atoms with Crippen molar-refractivity contribution in [2.75, 3.05) is 13.2 Å². The van der Waals surface area contributed by atoms with Crippen LogP contribution in [-0.2, 0) is 25.5 Å². The number of hydrogen-bond donors (Lipinski definition) is 3. The van der Waals surface area contributed by atoms with Crippen molar-refractivity contribution >= 4 is 23.9 Å². The number of carboxylic acid groups (broad SMARTS) is 1. The highest BCUT2D eigenvalue weighted by molar-refractivity contribution is 6.04. The maximum Gasteiger partial charge on any atom is 0.331 e. The number of imide groups is 1. The Morgan fingerprint density at radius 1 is 1.31 bits per heavy atom. The third-order valence-corrected chi connectivity index (χ3v) is 4.92. The quantitative estimate of drug-likeness (QED) is 0.522. The minimum atomic E-state index is -1.69. The van der Waals surface area contributed by atoms with Crippen LogP contribution in [0.5, 0.6) is 0 Å². The normalized spacial score (nSPS) is 20.7. The fraction of sp³-hybridized carbons (Fsp3) is 0.500. The molecule has 0 aliphatic carbocycles. The summed E-state index contributed by atoms with van der Waals surface area (Å²) in [4.78, 5) is 49.6. The molecule has 29 heavy (non-hydrogen) atoms. The second-order valence-electron chi connectivity index (χ2n) is 7.13. The Kier molecular flexibility index (Phi) is 7.33. The van der Waals surface area contributed by atoms with Gasteiger partial charge in [0.2, 0.25) is 5.91 Å². The molecule has 3 atom stereocenters. The Balaban J connectivity index is 2.12. The molecule has 158 valence electrons. The fourth-order valence-electron chi connectivity index (χ4n) is 3.18. The highest BCUT2D eigenvalue weighted by Crippen LogP contribution is 2.22. The molecule has 1 heterocycles. The van der Waals surface area contributed by atoms with Gasteiger partial charge in [0.15, 0.2) is 5.54 Å². The van der Waals surface area contributed by atoms with Crippen LogP contribution in [0, 0.1) is 0 Å². The first-order valence-electron chi connectivity index (χ1n) is 9.52. The van der Waals surface area contributed by atoms with E-state index in [1.807, 2.05) is 30.3 Å². The van der Waals surface area contributed by atoms with Gasteiger partial charge in [-0.3, -0.25) is 14.9 Å². The lowest BCUT2D eigenvalue weighted by Crippen LogP contribution is -2.59. The van der Waals surface area contributed by atoms with Crippen molar-refractivity contribution in [1.29, 1.82) is 0 Å². The SMILES string of the molecule is CCOC(=O)[C@H](CCc1ccccc1)N[C@@H](C)C(=O)N1C(=O)NCC1(C)C(=O)O. The van der Waals surface area contributed by atoms with E-state index in [0.29, 0.717) is 17.7 Å². The number of carbonyl (C=O) groups excluding carboxylic acids is 3. The van der Waals surface area contributed by atoms with Crippen molar-refractivity contribution in [1.82, 2.24) is 15.5 Å². The predicted molar refractivity (Wildman–Crippen MR) is 104 cm³/mol. The maximum atomic E-state index is 12.9. The number of urea groups is 1. The van der Waals surface area contributed by atoms with E-state index in [4.69, 9.17) is 4.74 Å². The second-order valence-corrected chi connectivity index (χ2v) is 7.13. The molecule has 9 heteroatoms. The van der Waals surface area contributed by atoms with Gasteiger partial charge in [-0.05, 0) is 39.2 Å². The zero-order chi connectivity index (χ0) is 21.6. The van der Waals surface area contributed by atoms with Gasteiger partial charge in [-0.1, -0.05) is 30.3 Å². The van der Waals surface area contributed by atoms with E-state index in [1.54, 1.807) is 6.92 Å². The molecule has 1 aliphatic rings. The van der Waals surface area contributed by atoms with Gasteiger partial charge in [-0.25, -0.2) is 14.5 Å². The van der Waals surface area contributed by atoms with Gasteiger partial charge in [0.1, 0.15) is 6.04 Å². The average Bonchev–Trinajstić information content (AvgIpc) is 3.01. The topological polar surface area (TPSA) is 125 Å². The van der Waals surface area contributed by atoms with Gasteiger partial charge in [0.25, 0.3) is 0 Å². The van der Waals surface area contributed by atoms with E-state index in [0.717, 1.165) is 5.56 Å². The number of benzene rings is 1. The van der Waals surface area contributed by atoms with Crippen molar-refractivity contribution in [2.45, 2.75) is 51.2 Å². The molecule has 1 saturated heterocycles. The van der Waals surface area contributed by atoms with Gasteiger partial charge in [-0.2, -0.15) is 0 Å². The zero-order valence-electron chi connectivity index (χ0n) is 16.8. The lowest BCUT2D eigenvalue weighted by atomic mass is 10.0. The Labute approximate surface area is 169 Å². The maximum absolute atomic E-state index is 12.9. The minimum absolute atomic E-state index is 0.186. The van der Waals surface area contributed by atoms with E-state index < -0.39 is 41.5 Å². The monoisotopic (exact) mass is 405 g/mol. The third kappa shape index (κ3) is 5.11. The van der Waals surface area contributed by atoms with E-state index in [-0.39, 0.29) is 13.2 Å². The Hall–Kier alpha value is -2.94. The summed E-state index contributed by atoms with van der Waals surface area (Å²) < 4.78 is 5.10. The first kappa shape index (κ1) is 22.4. The van der Waals surface area contributed by atoms with Crippen LogP contribution in [-0.4, -0.2) is 64.7 Å². The van der Waals surface area contributed by atoms with Crippen LogP contribution in [0.25, 0.3) is 0 Å². The summed E-state index contributed by atoms with van der Waals surface area (Å²) in [5, 5.41) is 14.8. The molecule has 0 radical (unpaired) electrons. The standard InChI is InChI=1S/C20H27N3O6/c1-4-29-17(25)15(11-10-14-8-6-5-7-9-14)22-13(2)16(24)23-19(28)21-12-20(23,3)18(26)27/h5-9,13,15,22H,4,10-12H2,1-3H3,(H,21,28)(H,26,27)/t13-,15-,20?/m0/s1. The number of aryl methyl sites for hydroxylation is 1. The van der Waals surface area contributed by atoms with E-state index in [1.165, 1.54) is 13.8 Å². The van der Waals surface area contributed by atoms with Crippen LogP contribution in [0.3, 0.4) is 0 Å². The number of ether oxygens (including phenoxy) is 1. The van der Waals surface area contributed by atoms with Crippen LogP contribution in [0.4, 0.5) is 4.79 Å². The summed E-state index contributed by atoms with van der Waals surface area (Å²) in [7, 11) is 0. The molecule has 9 nitrogen and oxygen atoms in total. The highest BCUT2D eigenvalue weighted by Gasteiger charge is 2.52. The summed E-state index contributed by atoms with van der Waals surface area (Å²) in [6, 6.07) is 7.03. The lowest BCUT2D eigenvalue weighted by Gasteiger charge is -2.31. The molecule has 0 aromatic heterocycles. The van der Waals surface area contributed by atoms with E-state index >= 15 is 0 Å². The Morgan fingerprint density at radius 3 is 2.55 bits per heavy atom. The first-order valence-corrected chi connectivity index (χ1v) is 9.52. The molecule has 0 spiro atoms. The largest absolute Gasteiger partial charge is 0.479 e. The summed E-state index contributed by atoms with van der Waals surface area (Å²) in [6.45, 7) is 4.49. The van der Waals surface area contributed by atoms with Crippen LogP contribution >= 0.6 is 0 Å². The number of carboxylic acids is 1. The predicted octanol–water partition coefficient (Wildman–Crippen LogP) is 0.924. The van der Waals surface area contributed by atoms with E-state index in [9.17, 15) is 24.3 Å². The van der Waals surface area contributed by atoms with Gasteiger partial charge in [0.05, 0.1) is 19.2 Å². The number of esters is 1. The highest BCUT2D eigenvalue weighted by atomic mass is 16.5. The molecule has 3 N–H and O–H groups in total.